The first-order valence-corrected chi connectivity index (χ1v) is 25.6. The number of ether oxygens (including phenoxy) is 2. The molecule has 0 radical (unpaired) electrons. The maximum atomic E-state index is 17.3. The van der Waals surface area contributed by atoms with Gasteiger partial charge in [0.15, 0.2) is 19.7 Å². The number of halogens is 2. The Balaban J connectivity index is 1.31. The van der Waals surface area contributed by atoms with Crippen molar-refractivity contribution in [2.75, 3.05) is 19.6 Å². The molecule has 10 nitrogen and oxygen atoms in total. The summed E-state index contributed by atoms with van der Waals surface area (Å²) in [6, 6.07) is 18.6. The zero-order valence-corrected chi connectivity index (χ0v) is 39.7. The monoisotopic (exact) mass is 927 g/mol. The Morgan fingerprint density at radius 3 is 2.15 bits per heavy atom. The second-order valence-electron chi connectivity index (χ2n) is 20.2. The lowest BCUT2D eigenvalue weighted by molar-refractivity contribution is -0.141. The van der Waals surface area contributed by atoms with Crippen LogP contribution >= 0.6 is 15.9 Å². The number of rotatable bonds is 12. The van der Waals surface area contributed by atoms with Gasteiger partial charge in [-0.1, -0.05) is 102 Å². The van der Waals surface area contributed by atoms with E-state index in [1.54, 1.807) is 0 Å². The molecule has 330 valence electrons. The van der Waals surface area contributed by atoms with E-state index >= 15 is 14.0 Å². The summed E-state index contributed by atoms with van der Waals surface area (Å²) in [4.78, 5) is 34.2. The Bertz CT molecular complexity index is 2380. The van der Waals surface area contributed by atoms with Gasteiger partial charge in [-0.15, -0.1) is 0 Å². The largest absolute Gasteiger partial charge is 0.507 e. The third kappa shape index (κ3) is 7.90. The molecule has 0 amide bonds. The van der Waals surface area contributed by atoms with Crippen LogP contribution in [0.3, 0.4) is 0 Å². The Hall–Kier alpha value is -4.14. The molecular formula is C49H59BrFN3O7Si. The molecule has 3 aliphatic carbocycles. The van der Waals surface area contributed by atoms with Crippen molar-refractivity contribution in [3.8, 4) is 11.6 Å². The minimum Gasteiger partial charge on any atom is -0.507 e. The predicted molar refractivity (Wildman–Crippen MR) is 242 cm³/mol. The van der Waals surface area contributed by atoms with E-state index < -0.39 is 60.0 Å². The van der Waals surface area contributed by atoms with E-state index in [-0.39, 0.29) is 71.9 Å². The number of hydrogen-bond donors (Lipinski definition) is 2. The van der Waals surface area contributed by atoms with Crippen molar-refractivity contribution < 1.29 is 37.5 Å². The summed E-state index contributed by atoms with van der Waals surface area (Å²) in [7, 11) is -2.97. The molecule has 4 aromatic rings. The van der Waals surface area contributed by atoms with Crippen LogP contribution in [-0.4, -0.2) is 60.3 Å². The number of Topliss-reactive ketones (excluding diaryl/α,β-unsaturated/α-hetero) is 2. The van der Waals surface area contributed by atoms with E-state index in [2.05, 4.69) is 72.8 Å². The van der Waals surface area contributed by atoms with Gasteiger partial charge in [0, 0.05) is 35.7 Å². The van der Waals surface area contributed by atoms with Gasteiger partial charge in [0.1, 0.15) is 36.1 Å². The molecule has 1 aromatic heterocycles. The van der Waals surface area contributed by atoms with Crippen LogP contribution in [0.25, 0.3) is 5.76 Å². The highest BCUT2D eigenvalue weighted by atomic mass is 79.9. The molecule has 1 saturated heterocycles. The van der Waals surface area contributed by atoms with Crippen molar-refractivity contribution in [2.24, 2.45) is 17.3 Å². The van der Waals surface area contributed by atoms with Crippen molar-refractivity contribution in [3.63, 3.8) is 0 Å². The third-order valence-electron chi connectivity index (χ3n) is 13.6. The van der Waals surface area contributed by atoms with Crippen LogP contribution in [0, 0.1) is 23.1 Å². The van der Waals surface area contributed by atoms with Crippen LogP contribution in [0.2, 0.25) is 18.1 Å². The molecule has 0 bridgehead atoms. The molecule has 4 aliphatic rings. The van der Waals surface area contributed by atoms with E-state index in [1.165, 1.54) is 0 Å². The molecule has 1 aliphatic heterocycles. The number of aromatic nitrogens is 1. The lowest BCUT2D eigenvalue weighted by Crippen LogP contribution is -2.68. The average molecular weight is 929 g/mol. The minimum atomic E-state index is -2.97. The van der Waals surface area contributed by atoms with E-state index in [1.807, 2.05) is 73.8 Å². The minimum absolute atomic E-state index is 0.00650. The first-order chi connectivity index (χ1) is 29.3. The predicted octanol–water partition coefficient (Wildman–Crippen LogP) is 10.7. The summed E-state index contributed by atoms with van der Waals surface area (Å²) in [6.45, 7) is 19.2. The van der Waals surface area contributed by atoms with Gasteiger partial charge >= 0.3 is 0 Å². The third-order valence-corrected chi connectivity index (χ3v) is 18.9. The van der Waals surface area contributed by atoms with Gasteiger partial charge in [0.25, 0.3) is 5.88 Å². The number of nitrogens with zero attached hydrogens (tertiary/aromatic N) is 2. The Kier molecular flexibility index (Phi) is 12.0. The fourth-order valence-electron chi connectivity index (χ4n) is 9.49. The molecule has 1 saturated carbocycles. The van der Waals surface area contributed by atoms with E-state index in [4.69, 9.17) is 18.4 Å². The molecule has 8 rings (SSSR count). The fraction of sp³-hybridized carbons (Fsp3) is 0.490. The fourth-order valence-corrected chi connectivity index (χ4v) is 11.6. The molecular weight excluding hydrogens is 870 g/mol. The van der Waals surface area contributed by atoms with Gasteiger partial charge in [-0.2, -0.15) is 0 Å². The molecule has 2 fully saturated rings. The standard InChI is InChI=1S/C49H59BrFN3O7Si/c1-47(2,3)28-52-25-33-38(50)42(58-26-29-17-11-9-12-18-29)36-32(39(33)51)23-31-24-34-40(54-21-15-16-22-54)43-37(46(53-60-43)59-27-30-19-13-10-14-20-30)45(57)49(34,44(56)35(31)41(36)55)61-62(7,8)48(4,5)6/h9-14,17-20,31,34,40,52,55H,15-16,21-28H2,1-8H3/t31-,34-,40-,49-/m0/s1. The second-order valence-corrected chi connectivity index (χ2v) is 25.7. The average Bonchev–Trinajstić information content (AvgIpc) is 3.91. The highest BCUT2D eigenvalue weighted by Crippen LogP contribution is 2.60. The number of carbonyl (C=O) groups is 2. The van der Waals surface area contributed by atoms with Crippen LogP contribution in [0.15, 0.2) is 75.2 Å². The number of fused-ring (bicyclic) bond motifs is 4. The lowest BCUT2D eigenvalue weighted by atomic mass is 9.57. The van der Waals surface area contributed by atoms with Gasteiger partial charge in [0.05, 0.1) is 16.1 Å². The summed E-state index contributed by atoms with van der Waals surface area (Å²) < 4.78 is 44.0. The van der Waals surface area contributed by atoms with Crippen LogP contribution in [0.1, 0.15) is 111 Å². The van der Waals surface area contributed by atoms with Crippen molar-refractivity contribution in [1.82, 2.24) is 15.4 Å². The molecule has 3 aromatic carbocycles. The summed E-state index contributed by atoms with van der Waals surface area (Å²) in [5, 5.41) is 20.1. The number of benzene rings is 3. The van der Waals surface area contributed by atoms with Crippen LogP contribution < -0.4 is 14.8 Å². The highest BCUT2D eigenvalue weighted by Gasteiger charge is 2.69. The first kappa shape index (κ1) is 44.5. The van der Waals surface area contributed by atoms with E-state index in [0.717, 1.165) is 37.1 Å². The van der Waals surface area contributed by atoms with Gasteiger partial charge in [-0.25, -0.2) is 4.39 Å². The molecule has 13 heteroatoms. The topological polar surface area (TPSA) is 123 Å². The molecule has 0 unspecified atom stereocenters. The number of hydrogen-bond acceptors (Lipinski definition) is 10. The van der Waals surface area contributed by atoms with Crippen molar-refractivity contribution in [1.29, 1.82) is 0 Å². The maximum absolute atomic E-state index is 17.3. The summed E-state index contributed by atoms with van der Waals surface area (Å²) >= 11 is 3.70. The quantitative estimate of drug-likeness (QED) is 0.105. The van der Waals surface area contributed by atoms with Gasteiger partial charge in [-0.3, -0.25) is 14.5 Å². The Morgan fingerprint density at radius 1 is 0.935 bits per heavy atom. The smallest absolute Gasteiger partial charge is 0.265 e. The molecule has 2 N–H and O–H groups in total. The summed E-state index contributed by atoms with van der Waals surface area (Å²) in [5.41, 5.74) is 0.558. The van der Waals surface area contributed by atoms with Gasteiger partial charge in [-0.05, 0) is 100 Å². The zero-order chi connectivity index (χ0) is 44.4. The van der Waals surface area contributed by atoms with Crippen LogP contribution in [0.4, 0.5) is 4.39 Å². The zero-order valence-electron chi connectivity index (χ0n) is 37.1. The number of nitrogens with one attached hydrogen (secondary N) is 1. The normalized spacial score (nSPS) is 22.9. The Labute approximate surface area is 373 Å². The highest BCUT2D eigenvalue weighted by molar-refractivity contribution is 9.10. The van der Waals surface area contributed by atoms with Crippen molar-refractivity contribution in [3.05, 3.63) is 116 Å². The summed E-state index contributed by atoms with van der Waals surface area (Å²) in [6.07, 6.45) is 2.22. The number of aliphatic hydroxyl groups excluding tert-OH is 1. The SMILES string of the molecule is CC(C)(C)CNCc1c(F)c2c(c(OCc3ccccc3)c1Br)C(O)=C1C(=O)[C@]3(O[Si](C)(C)C(C)(C)C)C(=O)c4c(OCc5ccccc5)noc4[C@@H](N4CCCC4)[C@@H]3C[C@@H]1C2. The Morgan fingerprint density at radius 2 is 1.55 bits per heavy atom. The molecule has 62 heavy (non-hydrogen) atoms. The van der Waals surface area contributed by atoms with Crippen molar-refractivity contribution in [2.45, 2.75) is 117 Å². The maximum Gasteiger partial charge on any atom is 0.265 e. The van der Waals surface area contributed by atoms with Crippen molar-refractivity contribution >= 4 is 41.6 Å². The first-order valence-electron chi connectivity index (χ1n) is 21.9. The van der Waals surface area contributed by atoms with Gasteiger partial charge in [0.2, 0.25) is 11.6 Å². The summed E-state index contributed by atoms with van der Waals surface area (Å²) in [5.74, 6) is -2.82. The van der Waals surface area contributed by atoms with Crippen LogP contribution in [-0.2, 0) is 35.4 Å². The number of carbonyl (C=O) groups excluding carboxylic acids is 2. The number of aliphatic hydroxyl groups is 1. The second kappa shape index (κ2) is 16.8. The number of likely N-dealkylation sites (tertiary alicyclic amines) is 1. The number of ketones is 2. The molecule has 2 heterocycles. The van der Waals surface area contributed by atoms with Gasteiger partial charge < -0.3 is 28.8 Å². The van der Waals surface area contributed by atoms with E-state index in [0.29, 0.717) is 22.3 Å². The van der Waals surface area contributed by atoms with E-state index in [9.17, 15) is 5.11 Å². The van der Waals surface area contributed by atoms with Crippen LogP contribution in [0.5, 0.6) is 11.6 Å². The molecule has 4 atom stereocenters. The molecule has 0 spiro atoms. The lowest BCUT2D eigenvalue weighted by Gasteiger charge is -2.55.